The summed E-state index contributed by atoms with van der Waals surface area (Å²) in [5.41, 5.74) is 0.125. The third-order valence-corrected chi connectivity index (χ3v) is 1.89. The van der Waals surface area contributed by atoms with E-state index in [0.29, 0.717) is 0 Å². The summed E-state index contributed by atoms with van der Waals surface area (Å²) in [6.07, 6.45) is 2.59. The summed E-state index contributed by atoms with van der Waals surface area (Å²) in [6.45, 7) is 0. The number of carboxylic acid groups (broad SMARTS) is 1. The third-order valence-electron chi connectivity index (χ3n) is 1.89. The van der Waals surface area contributed by atoms with E-state index < -0.39 is 11.8 Å². The average molecular weight is 207 g/mol. The smallest absolute Gasteiger partial charge is 0.335 e. The van der Waals surface area contributed by atoms with Crippen LogP contribution in [0, 0.1) is 5.82 Å². The van der Waals surface area contributed by atoms with Gasteiger partial charge in [0.1, 0.15) is 18.5 Å². The van der Waals surface area contributed by atoms with Gasteiger partial charge in [0.15, 0.2) is 0 Å². The molecule has 1 N–H and O–H groups in total. The highest BCUT2D eigenvalue weighted by Gasteiger charge is 2.09. The molecule has 0 aliphatic heterocycles. The van der Waals surface area contributed by atoms with E-state index in [1.165, 1.54) is 29.4 Å². The summed E-state index contributed by atoms with van der Waals surface area (Å²) < 4.78 is 14.6. The number of rotatable bonds is 2. The number of benzene rings is 1. The summed E-state index contributed by atoms with van der Waals surface area (Å²) >= 11 is 0. The summed E-state index contributed by atoms with van der Waals surface area (Å²) in [4.78, 5) is 10.7. The zero-order valence-corrected chi connectivity index (χ0v) is 7.46. The van der Waals surface area contributed by atoms with Crippen LogP contribution in [0.15, 0.2) is 30.9 Å². The third kappa shape index (κ3) is 1.69. The number of carboxylic acids is 1. The van der Waals surface area contributed by atoms with Crippen molar-refractivity contribution < 1.29 is 14.3 Å². The van der Waals surface area contributed by atoms with E-state index in [9.17, 15) is 9.18 Å². The van der Waals surface area contributed by atoms with Crippen LogP contribution >= 0.6 is 0 Å². The molecule has 0 aliphatic rings. The molecule has 0 saturated carbocycles. The van der Waals surface area contributed by atoms with Crippen molar-refractivity contribution in [1.29, 1.82) is 0 Å². The number of aromatic carboxylic acids is 1. The van der Waals surface area contributed by atoms with E-state index in [1.807, 2.05) is 0 Å². The fourth-order valence-corrected chi connectivity index (χ4v) is 1.17. The van der Waals surface area contributed by atoms with Crippen LogP contribution in [-0.4, -0.2) is 25.8 Å². The van der Waals surface area contributed by atoms with Crippen LogP contribution in [0.3, 0.4) is 0 Å². The first-order chi connectivity index (χ1) is 7.18. The molecule has 0 radical (unpaired) electrons. The normalized spacial score (nSPS) is 10.2. The lowest BCUT2D eigenvalue weighted by atomic mass is 10.2. The molecule has 5 nitrogen and oxygen atoms in total. The van der Waals surface area contributed by atoms with Gasteiger partial charge < -0.3 is 5.11 Å². The maximum atomic E-state index is 13.3. The van der Waals surface area contributed by atoms with Crippen LogP contribution in [-0.2, 0) is 0 Å². The fraction of sp³-hybridized carbons (Fsp3) is 0. The van der Waals surface area contributed by atoms with Gasteiger partial charge in [-0.3, -0.25) is 4.57 Å². The minimum atomic E-state index is -1.11. The Bertz CT molecular complexity index is 496. The van der Waals surface area contributed by atoms with Crippen molar-refractivity contribution >= 4 is 5.97 Å². The van der Waals surface area contributed by atoms with Gasteiger partial charge in [-0.15, -0.1) is 10.2 Å². The number of aromatic nitrogens is 3. The number of carbonyl (C=O) groups is 1. The molecule has 76 valence electrons. The quantitative estimate of drug-likeness (QED) is 0.800. The second-order valence-corrected chi connectivity index (χ2v) is 2.84. The Hall–Kier alpha value is -2.24. The topological polar surface area (TPSA) is 68.0 Å². The lowest BCUT2D eigenvalue weighted by molar-refractivity contribution is 0.0697. The lowest BCUT2D eigenvalue weighted by Gasteiger charge is -2.03. The highest BCUT2D eigenvalue weighted by molar-refractivity contribution is 5.88. The van der Waals surface area contributed by atoms with Gasteiger partial charge >= 0.3 is 5.97 Å². The number of nitrogens with zero attached hydrogens (tertiary/aromatic N) is 3. The molecule has 1 aromatic carbocycles. The van der Waals surface area contributed by atoms with Crippen molar-refractivity contribution in [3.05, 3.63) is 42.2 Å². The van der Waals surface area contributed by atoms with E-state index in [2.05, 4.69) is 10.2 Å². The number of hydrogen-bond donors (Lipinski definition) is 1. The molecular formula is C9H6FN3O2. The minimum Gasteiger partial charge on any atom is -0.478 e. The second kappa shape index (κ2) is 3.49. The van der Waals surface area contributed by atoms with Crippen molar-refractivity contribution in [2.45, 2.75) is 0 Å². The average Bonchev–Trinajstić information content (AvgIpc) is 2.71. The molecular weight excluding hydrogens is 201 g/mol. The molecule has 0 unspecified atom stereocenters. The minimum absolute atomic E-state index is 0.0140. The van der Waals surface area contributed by atoms with Crippen LogP contribution in [0.2, 0.25) is 0 Å². The van der Waals surface area contributed by atoms with Crippen LogP contribution in [0.4, 0.5) is 4.39 Å². The second-order valence-electron chi connectivity index (χ2n) is 2.84. The highest BCUT2D eigenvalue weighted by atomic mass is 19.1. The van der Waals surface area contributed by atoms with E-state index in [0.717, 1.165) is 6.07 Å². The Labute approximate surface area is 83.8 Å². The van der Waals surface area contributed by atoms with Crippen LogP contribution < -0.4 is 0 Å². The van der Waals surface area contributed by atoms with Crippen molar-refractivity contribution in [1.82, 2.24) is 14.8 Å². The van der Waals surface area contributed by atoms with Crippen LogP contribution in [0.1, 0.15) is 10.4 Å². The fourth-order valence-electron chi connectivity index (χ4n) is 1.17. The Morgan fingerprint density at radius 3 is 2.60 bits per heavy atom. The van der Waals surface area contributed by atoms with Crippen molar-refractivity contribution in [3.8, 4) is 5.69 Å². The van der Waals surface area contributed by atoms with Gasteiger partial charge in [0.25, 0.3) is 0 Å². The summed E-state index contributed by atoms with van der Waals surface area (Å²) in [6, 6.07) is 3.52. The molecule has 2 rings (SSSR count). The predicted molar refractivity (Wildman–Crippen MR) is 48.3 cm³/mol. The molecule has 15 heavy (non-hydrogen) atoms. The van der Waals surface area contributed by atoms with Crippen molar-refractivity contribution in [3.63, 3.8) is 0 Å². The van der Waals surface area contributed by atoms with Gasteiger partial charge in [-0.05, 0) is 18.2 Å². The zero-order chi connectivity index (χ0) is 10.8. The Morgan fingerprint density at radius 2 is 2.00 bits per heavy atom. The maximum absolute atomic E-state index is 13.3. The van der Waals surface area contributed by atoms with Crippen molar-refractivity contribution in [2.24, 2.45) is 0 Å². The van der Waals surface area contributed by atoms with Gasteiger partial charge in [-0.25, -0.2) is 9.18 Å². The Morgan fingerprint density at radius 1 is 1.33 bits per heavy atom. The molecule has 0 atom stereocenters. The molecule has 0 bridgehead atoms. The standard InChI is InChI=1S/C9H6FN3O2/c10-7-2-1-6(9(14)15)3-8(7)13-4-11-12-5-13/h1-5H,(H,14,15). The predicted octanol–water partition coefficient (Wildman–Crippen LogP) is 1.10. The Kier molecular flexibility index (Phi) is 2.17. The van der Waals surface area contributed by atoms with E-state index >= 15 is 0 Å². The molecule has 0 saturated heterocycles. The first-order valence-electron chi connectivity index (χ1n) is 4.06. The van der Waals surface area contributed by atoms with Crippen LogP contribution in [0.5, 0.6) is 0 Å². The first kappa shape index (κ1) is 9.32. The number of hydrogen-bond acceptors (Lipinski definition) is 3. The van der Waals surface area contributed by atoms with Gasteiger partial charge in [0, 0.05) is 0 Å². The molecule has 1 aromatic heterocycles. The SMILES string of the molecule is O=C(O)c1ccc(F)c(-n2cnnc2)c1. The Balaban J connectivity index is 2.55. The molecule has 0 aliphatic carbocycles. The zero-order valence-electron chi connectivity index (χ0n) is 7.46. The van der Waals surface area contributed by atoms with Gasteiger partial charge in [0.05, 0.1) is 11.3 Å². The summed E-state index contributed by atoms with van der Waals surface area (Å²) in [5, 5.41) is 15.8. The van der Waals surface area contributed by atoms with E-state index in [4.69, 9.17) is 5.11 Å². The molecule has 2 aromatic rings. The lowest BCUT2D eigenvalue weighted by Crippen LogP contribution is -2.01. The molecule has 1 heterocycles. The van der Waals surface area contributed by atoms with Gasteiger partial charge in [-0.1, -0.05) is 0 Å². The van der Waals surface area contributed by atoms with E-state index in [1.54, 1.807) is 0 Å². The molecule has 0 fully saturated rings. The highest BCUT2D eigenvalue weighted by Crippen LogP contribution is 2.14. The number of halogens is 1. The van der Waals surface area contributed by atoms with E-state index in [-0.39, 0.29) is 11.3 Å². The van der Waals surface area contributed by atoms with Crippen LogP contribution in [0.25, 0.3) is 5.69 Å². The first-order valence-corrected chi connectivity index (χ1v) is 4.06. The van der Waals surface area contributed by atoms with Crippen molar-refractivity contribution in [2.75, 3.05) is 0 Å². The summed E-state index contributed by atoms with van der Waals surface area (Å²) in [5.74, 6) is -1.64. The molecule has 6 heteroatoms. The molecule has 0 amide bonds. The largest absolute Gasteiger partial charge is 0.478 e. The summed E-state index contributed by atoms with van der Waals surface area (Å²) in [7, 11) is 0. The monoisotopic (exact) mass is 207 g/mol. The van der Waals surface area contributed by atoms with Gasteiger partial charge in [-0.2, -0.15) is 0 Å². The maximum Gasteiger partial charge on any atom is 0.335 e. The molecule has 0 spiro atoms. The van der Waals surface area contributed by atoms with Gasteiger partial charge in [0.2, 0.25) is 0 Å².